The average Bonchev–Trinajstić information content (AvgIpc) is 2.38. The second kappa shape index (κ2) is 6.76. The van der Waals surface area contributed by atoms with Gasteiger partial charge in [0, 0.05) is 0 Å². The predicted octanol–water partition coefficient (Wildman–Crippen LogP) is 5.69. The van der Waals surface area contributed by atoms with Crippen molar-refractivity contribution in [2.24, 2.45) is 0 Å². The third-order valence-corrected chi connectivity index (χ3v) is 2.34. The van der Waals surface area contributed by atoms with Gasteiger partial charge < -0.3 is 0 Å². The molecule has 0 radical (unpaired) electrons. The second-order valence-electron chi connectivity index (χ2n) is 4.01. The lowest BCUT2D eigenvalue weighted by molar-refractivity contribution is -0.138. The zero-order chi connectivity index (χ0) is 17.0. The van der Waals surface area contributed by atoms with Crippen molar-refractivity contribution < 1.29 is 35.1 Å². The van der Waals surface area contributed by atoms with Crippen LogP contribution < -0.4 is 0 Å². The van der Waals surface area contributed by atoms with E-state index in [4.69, 9.17) is 0 Å². The molecule has 0 atom stereocenters. The molecule has 0 spiro atoms. The summed E-state index contributed by atoms with van der Waals surface area (Å²) >= 11 is 0. The molecular weight excluding hydrogens is 320 g/mol. The topological polar surface area (TPSA) is 0 Å². The van der Waals surface area contributed by atoms with Crippen LogP contribution in [0.25, 0.3) is 0 Å². The van der Waals surface area contributed by atoms with Crippen LogP contribution in [0.5, 0.6) is 0 Å². The number of alkyl halides is 6. The van der Waals surface area contributed by atoms with E-state index in [9.17, 15) is 35.1 Å². The smallest absolute Gasteiger partial charge is 0.207 e. The summed E-state index contributed by atoms with van der Waals surface area (Å²) in [6.07, 6.45) is -8.76. The third-order valence-electron chi connectivity index (χ3n) is 2.34. The van der Waals surface area contributed by atoms with Gasteiger partial charge in [0.25, 0.3) is 0 Å². The lowest BCUT2D eigenvalue weighted by atomic mass is 10.2. The van der Waals surface area contributed by atoms with Gasteiger partial charge in [0.2, 0.25) is 0 Å². The van der Waals surface area contributed by atoms with Gasteiger partial charge in [-0.2, -0.15) is 26.3 Å². The number of hydrogen-bond acceptors (Lipinski definition) is 0. The Labute approximate surface area is 120 Å². The Balaban J connectivity index is 0.000000220. The number of benzene rings is 2. The molecule has 2 aromatic rings. The predicted molar refractivity (Wildman–Crippen MR) is 62.8 cm³/mol. The minimum atomic E-state index is -4.38. The molecule has 0 aromatic heterocycles. The quantitative estimate of drug-likeness (QED) is 0.545. The van der Waals surface area contributed by atoms with Gasteiger partial charge in [-0.15, -0.1) is 0 Å². The average molecular weight is 328 g/mol. The molecule has 0 saturated heterocycles. The summed E-state index contributed by atoms with van der Waals surface area (Å²) in [5.74, 6) is -1.34. The summed E-state index contributed by atoms with van der Waals surface area (Å²) in [7, 11) is 0. The lowest BCUT2D eigenvalue weighted by Gasteiger charge is -2.04. The highest BCUT2D eigenvalue weighted by Gasteiger charge is 2.30. The minimum absolute atomic E-state index is 0.669. The van der Waals surface area contributed by atoms with Crippen molar-refractivity contribution in [3.05, 3.63) is 71.3 Å². The van der Waals surface area contributed by atoms with Crippen LogP contribution in [-0.2, 0) is 12.4 Å². The Hall–Kier alpha value is -2.12. The second-order valence-corrected chi connectivity index (χ2v) is 4.01. The highest BCUT2D eigenvalue weighted by atomic mass is 19.4. The van der Waals surface area contributed by atoms with Gasteiger partial charge in [-0.1, -0.05) is 0 Å². The normalized spacial score (nSPS) is 11.6. The molecule has 0 saturated carbocycles. The Bertz CT molecular complexity index is 523. The van der Waals surface area contributed by atoms with Crippen LogP contribution in [0.15, 0.2) is 48.5 Å². The standard InChI is InChI=1S/2C7H4F4/c2*8-6-3-1-5(2-4-6)7(9,10)11/h2*1-4H. The maximum atomic E-state index is 12.1. The Kier molecular flexibility index (Phi) is 5.51. The molecule has 0 unspecified atom stereocenters. The lowest BCUT2D eigenvalue weighted by Crippen LogP contribution is -2.03. The molecule has 0 nitrogen and oxygen atoms in total. The molecule has 0 fully saturated rings. The van der Waals surface area contributed by atoms with E-state index < -0.39 is 35.1 Å². The molecule has 2 aromatic carbocycles. The first kappa shape index (κ1) is 17.9. The van der Waals surface area contributed by atoms with Crippen LogP contribution in [0.2, 0.25) is 0 Å². The van der Waals surface area contributed by atoms with Crippen LogP contribution >= 0.6 is 0 Å². The van der Waals surface area contributed by atoms with Crippen LogP contribution in [0.3, 0.4) is 0 Å². The highest BCUT2D eigenvalue weighted by Crippen LogP contribution is 2.29. The summed E-state index contributed by atoms with van der Waals surface area (Å²) in [4.78, 5) is 0. The van der Waals surface area contributed by atoms with Crippen LogP contribution in [-0.4, -0.2) is 0 Å². The van der Waals surface area contributed by atoms with Gasteiger partial charge in [0.05, 0.1) is 11.1 Å². The van der Waals surface area contributed by atoms with E-state index in [1.54, 1.807) is 0 Å². The van der Waals surface area contributed by atoms with E-state index in [0.717, 1.165) is 24.3 Å². The molecule has 22 heavy (non-hydrogen) atoms. The Morgan fingerprint density at radius 3 is 0.864 bits per heavy atom. The van der Waals surface area contributed by atoms with Crippen molar-refractivity contribution in [2.45, 2.75) is 12.4 Å². The summed E-state index contributed by atoms with van der Waals surface area (Å²) in [5, 5.41) is 0. The fourth-order valence-electron chi connectivity index (χ4n) is 1.28. The summed E-state index contributed by atoms with van der Waals surface area (Å²) in [6, 6.07) is 5.94. The SMILES string of the molecule is Fc1ccc(C(F)(F)F)cc1.Fc1ccc(C(F)(F)F)cc1. The van der Waals surface area contributed by atoms with Crippen molar-refractivity contribution in [3.8, 4) is 0 Å². The van der Waals surface area contributed by atoms with E-state index in [-0.39, 0.29) is 0 Å². The van der Waals surface area contributed by atoms with Crippen molar-refractivity contribution in [2.75, 3.05) is 0 Å². The van der Waals surface area contributed by atoms with Gasteiger partial charge in [0.15, 0.2) is 0 Å². The molecule has 0 heterocycles. The Morgan fingerprint density at radius 1 is 0.455 bits per heavy atom. The van der Waals surface area contributed by atoms with Crippen molar-refractivity contribution in [1.82, 2.24) is 0 Å². The van der Waals surface area contributed by atoms with E-state index in [2.05, 4.69) is 0 Å². The van der Waals surface area contributed by atoms with E-state index >= 15 is 0 Å². The first-order valence-corrected chi connectivity index (χ1v) is 5.65. The summed E-state index contributed by atoms with van der Waals surface area (Å²) in [6.45, 7) is 0. The first-order valence-electron chi connectivity index (χ1n) is 5.65. The van der Waals surface area contributed by atoms with Crippen molar-refractivity contribution >= 4 is 0 Å². The van der Waals surface area contributed by atoms with Crippen LogP contribution in [0, 0.1) is 11.6 Å². The van der Waals surface area contributed by atoms with E-state index in [1.165, 1.54) is 0 Å². The molecule has 0 aliphatic rings. The van der Waals surface area contributed by atoms with Crippen molar-refractivity contribution in [3.63, 3.8) is 0 Å². The fourth-order valence-corrected chi connectivity index (χ4v) is 1.28. The van der Waals surface area contributed by atoms with Gasteiger partial charge in [0.1, 0.15) is 11.6 Å². The zero-order valence-corrected chi connectivity index (χ0v) is 10.6. The van der Waals surface area contributed by atoms with E-state index in [0.29, 0.717) is 24.3 Å². The molecule has 0 aliphatic heterocycles. The number of rotatable bonds is 0. The largest absolute Gasteiger partial charge is 0.416 e. The molecule has 0 N–H and O–H groups in total. The monoisotopic (exact) mass is 328 g/mol. The Morgan fingerprint density at radius 2 is 0.682 bits per heavy atom. The van der Waals surface area contributed by atoms with Gasteiger partial charge in [-0.25, -0.2) is 8.78 Å². The van der Waals surface area contributed by atoms with Crippen LogP contribution in [0.1, 0.15) is 11.1 Å². The maximum absolute atomic E-state index is 12.1. The van der Waals surface area contributed by atoms with Gasteiger partial charge >= 0.3 is 12.4 Å². The summed E-state index contributed by atoms with van der Waals surface area (Å²) < 4.78 is 95.0. The maximum Gasteiger partial charge on any atom is 0.416 e. The number of hydrogen-bond donors (Lipinski definition) is 0. The molecule has 2 rings (SSSR count). The molecular formula is C14H8F8. The number of halogens is 8. The third kappa shape index (κ3) is 5.71. The van der Waals surface area contributed by atoms with E-state index in [1.807, 2.05) is 0 Å². The molecule has 0 bridgehead atoms. The highest BCUT2D eigenvalue weighted by molar-refractivity contribution is 5.19. The minimum Gasteiger partial charge on any atom is -0.207 e. The van der Waals surface area contributed by atoms with Crippen LogP contribution in [0.4, 0.5) is 35.1 Å². The molecule has 0 aliphatic carbocycles. The first-order chi connectivity index (χ1) is 10.00. The zero-order valence-electron chi connectivity index (χ0n) is 10.6. The van der Waals surface area contributed by atoms with Gasteiger partial charge in [-0.05, 0) is 48.5 Å². The summed E-state index contributed by atoms with van der Waals surface area (Å²) in [5.41, 5.74) is -1.67. The van der Waals surface area contributed by atoms with Crippen molar-refractivity contribution in [1.29, 1.82) is 0 Å². The molecule has 0 amide bonds. The van der Waals surface area contributed by atoms with Gasteiger partial charge in [-0.3, -0.25) is 0 Å². The fraction of sp³-hybridized carbons (Fsp3) is 0.143. The molecule has 8 heteroatoms. The molecule has 120 valence electrons.